The maximum atomic E-state index is 12.4. The van der Waals surface area contributed by atoms with E-state index in [1.165, 1.54) is 4.31 Å². The van der Waals surface area contributed by atoms with Crippen molar-refractivity contribution in [3.8, 4) is 0 Å². The lowest BCUT2D eigenvalue weighted by molar-refractivity contribution is -0.148. The van der Waals surface area contributed by atoms with Gasteiger partial charge in [-0.3, -0.25) is 4.79 Å². The van der Waals surface area contributed by atoms with Crippen LogP contribution >= 0.6 is 0 Å². The largest absolute Gasteiger partial charge is 0.465 e. The highest BCUT2D eigenvalue weighted by atomic mass is 32.2. The zero-order chi connectivity index (χ0) is 15.3. The summed E-state index contributed by atoms with van der Waals surface area (Å²) in [5.74, 6) is -0.459. The van der Waals surface area contributed by atoms with Gasteiger partial charge in [0.2, 0.25) is 0 Å². The summed E-state index contributed by atoms with van der Waals surface area (Å²) in [6.07, 6.45) is 3.87. The molecule has 122 valence electrons. The molecule has 2 heterocycles. The Kier molecular flexibility index (Phi) is 5.98. The molecule has 0 amide bonds. The van der Waals surface area contributed by atoms with Crippen LogP contribution in [0, 0.1) is 0 Å². The molecule has 0 aromatic rings. The minimum absolute atomic E-state index is 0.0643. The Hall–Kier alpha value is -0.700. The highest BCUT2D eigenvalue weighted by Crippen LogP contribution is 2.21. The van der Waals surface area contributed by atoms with Crippen molar-refractivity contribution in [3.05, 3.63) is 0 Å². The normalized spacial score (nSPS) is 27.7. The lowest BCUT2D eigenvalue weighted by atomic mass is 10.1. The molecule has 0 spiro atoms. The van der Waals surface area contributed by atoms with Crippen molar-refractivity contribution in [2.24, 2.45) is 0 Å². The fraction of sp³-hybridized carbons (Fsp3) is 0.923. The van der Waals surface area contributed by atoms with E-state index < -0.39 is 22.2 Å². The van der Waals surface area contributed by atoms with Gasteiger partial charge < -0.3 is 9.47 Å². The average molecular weight is 320 g/mol. The minimum atomic E-state index is -3.68. The molecule has 0 aromatic carbocycles. The Balaban J connectivity index is 1.98. The van der Waals surface area contributed by atoms with Crippen LogP contribution in [0.3, 0.4) is 0 Å². The topological polar surface area (TPSA) is 84.9 Å². The van der Waals surface area contributed by atoms with Crippen LogP contribution in [-0.2, 0) is 24.5 Å². The molecule has 0 saturated carbocycles. The molecule has 0 aromatic heterocycles. The molecular weight excluding hydrogens is 296 g/mol. The van der Waals surface area contributed by atoms with Crippen molar-refractivity contribution in [2.45, 2.75) is 51.2 Å². The summed E-state index contributed by atoms with van der Waals surface area (Å²) in [7, 11) is -3.68. The van der Waals surface area contributed by atoms with Crippen LogP contribution in [-0.4, -0.2) is 57.1 Å². The Morgan fingerprint density at radius 1 is 1.33 bits per heavy atom. The molecule has 2 fully saturated rings. The van der Waals surface area contributed by atoms with Crippen LogP contribution in [0.5, 0.6) is 0 Å². The van der Waals surface area contributed by atoms with Crippen molar-refractivity contribution in [1.29, 1.82) is 0 Å². The molecule has 2 aliphatic rings. The van der Waals surface area contributed by atoms with Gasteiger partial charge in [0.25, 0.3) is 10.2 Å². The first-order chi connectivity index (χ1) is 10.0. The van der Waals surface area contributed by atoms with E-state index in [1.54, 1.807) is 6.92 Å². The number of hydrogen-bond donors (Lipinski definition) is 1. The smallest absolute Gasteiger partial charge is 0.324 e. The number of esters is 1. The number of hydrogen-bond acceptors (Lipinski definition) is 5. The van der Waals surface area contributed by atoms with E-state index >= 15 is 0 Å². The summed E-state index contributed by atoms with van der Waals surface area (Å²) in [4.78, 5) is 11.9. The first-order valence-corrected chi connectivity index (χ1v) is 9.03. The second-order valence-electron chi connectivity index (χ2n) is 5.36. The highest BCUT2D eigenvalue weighted by molar-refractivity contribution is 7.87. The molecule has 2 atom stereocenters. The van der Waals surface area contributed by atoms with Crippen molar-refractivity contribution in [3.63, 3.8) is 0 Å². The summed E-state index contributed by atoms with van der Waals surface area (Å²) in [5, 5.41) is 0. The number of piperidine rings is 1. The van der Waals surface area contributed by atoms with Crippen LogP contribution in [0.4, 0.5) is 0 Å². The fourth-order valence-corrected chi connectivity index (χ4v) is 4.21. The van der Waals surface area contributed by atoms with Gasteiger partial charge in [0.1, 0.15) is 6.04 Å². The summed E-state index contributed by atoms with van der Waals surface area (Å²) in [6, 6.07) is -0.708. The quantitative estimate of drug-likeness (QED) is 0.717. The van der Waals surface area contributed by atoms with Gasteiger partial charge in [0.05, 0.1) is 12.7 Å². The third-order valence-electron chi connectivity index (χ3n) is 3.84. The predicted octanol–water partition coefficient (Wildman–Crippen LogP) is 0.417. The van der Waals surface area contributed by atoms with E-state index in [-0.39, 0.29) is 19.3 Å². The minimum Gasteiger partial charge on any atom is -0.465 e. The number of carbonyl (C=O) groups excluding carboxylic acids is 1. The first kappa shape index (κ1) is 16.7. The number of nitrogens with zero attached hydrogens (tertiary/aromatic N) is 1. The SMILES string of the molecule is CCOC(=O)[C@H]1CCCCN1S(=O)(=O)NC[C@@H]1CCCO1. The Bertz CT molecular complexity index is 447. The summed E-state index contributed by atoms with van der Waals surface area (Å²) >= 11 is 0. The summed E-state index contributed by atoms with van der Waals surface area (Å²) < 4.78 is 39.0. The van der Waals surface area contributed by atoms with E-state index in [0.29, 0.717) is 19.6 Å². The first-order valence-electron chi connectivity index (χ1n) is 7.59. The molecular formula is C13H24N2O5S. The number of nitrogens with one attached hydrogen (secondary N) is 1. The van der Waals surface area contributed by atoms with Gasteiger partial charge in [-0.1, -0.05) is 0 Å². The van der Waals surface area contributed by atoms with E-state index in [4.69, 9.17) is 9.47 Å². The zero-order valence-corrected chi connectivity index (χ0v) is 13.2. The highest BCUT2D eigenvalue weighted by Gasteiger charge is 2.37. The van der Waals surface area contributed by atoms with Crippen molar-refractivity contribution >= 4 is 16.2 Å². The van der Waals surface area contributed by atoms with Crippen molar-refractivity contribution in [2.75, 3.05) is 26.3 Å². The van der Waals surface area contributed by atoms with Gasteiger partial charge in [-0.05, 0) is 39.0 Å². The lowest BCUT2D eigenvalue weighted by Crippen LogP contribution is -2.53. The third-order valence-corrected chi connectivity index (χ3v) is 5.42. The third kappa shape index (κ3) is 4.38. The lowest BCUT2D eigenvalue weighted by Gasteiger charge is -2.33. The zero-order valence-electron chi connectivity index (χ0n) is 12.4. The van der Waals surface area contributed by atoms with Crippen LogP contribution < -0.4 is 4.72 Å². The van der Waals surface area contributed by atoms with Crippen LogP contribution in [0.2, 0.25) is 0 Å². The van der Waals surface area contributed by atoms with Crippen LogP contribution in [0.15, 0.2) is 0 Å². The molecule has 8 heteroatoms. The maximum absolute atomic E-state index is 12.4. The molecule has 2 saturated heterocycles. The molecule has 7 nitrogen and oxygen atoms in total. The average Bonchev–Trinajstić information content (AvgIpc) is 2.99. The monoisotopic (exact) mass is 320 g/mol. The number of rotatable bonds is 6. The Morgan fingerprint density at radius 3 is 2.81 bits per heavy atom. The van der Waals surface area contributed by atoms with Gasteiger partial charge in [-0.2, -0.15) is 17.4 Å². The van der Waals surface area contributed by atoms with E-state index in [9.17, 15) is 13.2 Å². The van der Waals surface area contributed by atoms with Crippen molar-refractivity contribution < 1.29 is 22.7 Å². The van der Waals surface area contributed by atoms with E-state index in [1.807, 2.05) is 0 Å². The molecule has 1 N–H and O–H groups in total. The molecule has 0 bridgehead atoms. The molecule has 2 rings (SSSR count). The van der Waals surface area contributed by atoms with Gasteiger partial charge in [0.15, 0.2) is 0 Å². The van der Waals surface area contributed by atoms with Gasteiger partial charge in [-0.15, -0.1) is 0 Å². The molecule has 0 unspecified atom stereocenters. The summed E-state index contributed by atoms with van der Waals surface area (Å²) in [5.41, 5.74) is 0. The van der Waals surface area contributed by atoms with Crippen molar-refractivity contribution in [1.82, 2.24) is 9.03 Å². The van der Waals surface area contributed by atoms with E-state index in [2.05, 4.69) is 4.72 Å². The maximum Gasteiger partial charge on any atom is 0.324 e. The molecule has 2 aliphatic heterocycles. The summed E-state index contributed by atoms with van der Waals surface area (Å²) in [6.45, 7) is 3.27. The molecule has 21 heavy (non-hydrogen) atoms. The Labute approximate surface area is 126 Å². The van der Waals surface area contributed by atoms with Crippen LogP contribution in [0.25, 0.3) is 0 Å². The number of carbonyl (C=O) groups is 1. The Morgan fingerprint density at radius 2 is 2.14 bits per heavy atom. The predicted molar refractivity (Wildman–Crippen MR) is 76.9 cm³/mol. The van der Waals surface area contributed by atoms with Gasteiger partial charge >= 0.3 is 5.97 Å². The standard InChI is InChI=1S/C13H24N2O5S/c1-2-19-13(16)12-7-3-4-8-15(12)21(17,18)14-10-11-6-5-9-20-11/h11-12,14H,2-10H2,1H3/t11-,12+/m0/s1. The number of ether oxygens (including phenoxy) is 2. The second-order valence-corrected chi connectivity index (χ2v) is 7.07. The molecule has 0 radical (unpaired) electrons. The van der Waals surface area contributed by atoms with Crippen LogP contribution in [0.1, 0.15) is 39.0 Å². The fourth-order valence-electron chi connectivity index (χ4n) is 2.75. The van der Waals surface area contributed by atoms with E-state index in [0.717, 1.165) is 25.7 Å². The molecule has 0 aliphatic carbocycles. The van der Waals surface area contributed by atoms with Gasteiger partial charge in [0, 0.05) is 19.7 Å². The van der Waals surface area contributed by atoms with Gasteiger partial charge in [-0.25, -0.2) is 0 Å². The second kappa shape index (κ2) is 7.53.